The Bertz CT molecular complexity index is 1100. The molecule has 1 atom stereocenters. The minimum atomic E-state index is -3.76. The van der Waals surface area contributed by atoms with E-state index in [-0.39, 0.29) is 43.4 Å². The highest BCUT2D eigenvalue weighted by Crippen LogP contribution is 2.22. The number of nitrogens with one attached hydrogen (secondary N) is 1. The summed E-state index contributed by atoms with van der Waals surface area (Å²) < 4.78 is 39.7. The van der Waals surface area contributed by atoms with Gasteiger partial charge in [0.05, 0.1) is 11.9 Å². The molecule has 34 heavy (non-hydrogen) atoms. The van der Waals surface area contributed by atoms with E-state index in [2.05, 4.69) is 5.32 Å². The van der Waals surface area contributed by atoms with E-state index in [0.29, 0.717) is 11.6 Å². The summed E-state index contributed by atoms with van der Waals surface area (Å²) in [7, 11) is -3.76. The molecule has 186 valence electrons. The van der Waals surface area contributed by atoms with Gasteiger partial charge in [0, 0.05) is 31.1 Å². The Hall–Kier alpha value is -2.65. The molecule has 7 nitrogen and oxygen atoms in total. The van der Waals surface area contributed by atoms with Crippen LogP contribution in [0.25, 0.3) is 0 Å². The molecule has 2 aromatic rings. The van der Waals surface area contributed by atoms with Gasteiger partial charge in [0.25, 0.3) is 0 Å². The quantitative estimate of drug-likeness (QED) is 0.467. The molecule has 0 unspecified atom stereocenters. The summed E-state index contributed by atoms with van der Waals surface area (Å²) in [5.41, 5.74) is 0.695. The van der Waals surface area contributed by atoms with Gasteiger partial charge in [-0.2, -0.15) is 0 Å². The number of hydrogen-bond donors (Lipinski definition) is 1. The van der Waals surface area contributed by atoms with Crippen LogP contribution in [0, 0.1) is 5.82 Å². The Morgan fingerprint density at radius 1 is 1.15 bits per heavy atom. The van der Waals surface area contributed by atoms with Crippen molar-refractivity contribution in [2.24, 2.45) is 0 Å². The summed E-state index contributed by atoms with van der Waals surface area (Å²) >= 11 is 6.07. The fourth-order valence-electron chi connectivity index (χ4n) is 3.45. The van der Waals surface area contributed by atoms with Crippen molar-refractivity contribution in [1.82, 2.24) is 10.2 Å². The first-order chi connectivity index (χ1) is 16.0. The van der Waals surface area contributed by atoms with Crippen molar-refractivity contribution in [3.63, 3.8) is 0 Å². The van der Waals surface area contributed by atoms with E-state index in [4.69, 9.17) is 11.6 Å². The highest BCUT2D eigenvalue weighted by molar-refractivity contribution is 7.92. The zero-order valence-electron chi connectivity index (χ0n) is 19.6. The largest absolute Gasteiger partial charge is 0.354 e. The van der Waals surface area contributed by atoms with Gasteiger partial charge in [0.15, 0.2) is 0 Å². The summed E-state index contributed by atoms with van der Waals surface area (Å²) in [6.45, 7) is 4.17. The van der Waals surface area contributed by atoms with Crippen molar-refractivity contribution in [2.75, 3.05) is 23.7 Å². The van der Waals surface area contributed by atoms with Crippen molar-refractivity contribution in [3.8, 4) is 0 Å². The number of para-hydroxylation sites is 1. The maximum atomic E-state index is 14.2. The number of rotatable bonds is 12. The summed E-state index contributed by atoms with van der Waals surface area (Å²) in [6.07, 6.45) is 1.88. The second-order valence-electron chi connectivity index (χ2n) is 8.01. The topological polar surface area (TPSA) is 86.8 Å². The molecule has 0 fully saturated rings. The highest BCUT2D eigenvalue weighted by Gasteiger charge is 2.27. The summed E-state index contributed by atoms with van der Waals surface area (Å²) in [6, 6.07) is 11.9. The molecule has 0 aromatic heterocycles. The molecule has 0 bridgehead atoms. The predicted octanol–water partition coefficient (Wildman–Crippen LogP) is 3.97. The van der Waals surface area contributed by atoms with E-state index in [1.54, 1.807) is 31.2 Å². The van der Waals surface area contributed by atoms with E-state index in [9.17, 15) is 22.4 Å². The van der Waals surface area contributed by atoms with Gasteiger partial charge in [-0.25, -0.2) is 12.8 Å². The highest BCUT2D eigenvalue weighted by atomic mass is 35.5. The van der Waals surface area contributed by atoms with Crippen LogP contribution in [0.3, 0.4) is 0 Å². The number of benzene rings is 2. The van der Waals surface area contributed by atoms with E-state index in [0.717, 1.165) is 22.5 Å². The van der Waals surface area contributed by atoms with Gasteiger partial charge in [0.2, 0.25) is 21.8 Å². The van der Waals surface area contributed by atoms with Gasteiger partial charge in [-0.15, -0.1) is 0 Å². The normalized spacial score (nSPS) is 12.1. The molecule has 0 saturated carbocycles. The second-order valence-corrected chi connectivity index (χ2v) is 10.4. The SMILES string of the molecule is CCCNC(=O)[C@@H](C)N(Cc1cccc(Cl)c1)C(=O)CCCN(c1ccccc1F)S(C)(=O)=O. The molecule has 0 heterocycles. The maximum absolute atomic E-state index is 14.2. The fraction of sp³-hybridized carbons (Fsp3) is 0.417. The van der Waals surface area contributed by atoms with Crippen molar-refractivity contribution in [3.05, 3.63) is 64.9 Å². The van der Waals surface area contributed by atoms with Crippen LogP contribution in [-0.4, -0.2) is 50.5 Å². The minimum Gasteiger partial charge on any atom is -0.354 e. The van der Waals surface area contributed by atoms with Gasteiger partial charge in [-0.1, -0.05) is 42.8 Å². The Labute approximate surface area is 205 Å². The third-order valence-electron chi connectivity index (χ3n) is 5.23. The van der Waals surface area contributed by atoms with Crippen LogP contribution in [0.1, 0.15) is 38.7 Å². The average molecular weight is 512 g/mol. The molecule has 2 amide bonds. The van der Waals surface area contributed by atoms with Crippen molar-refractivity contribution in [2.45, 2.75) is 45.7 Å². The lowest BCUT2D eigenvalue weighted by molar-refractivity contribution is -0.140. The minimum absolute atomic E-state index is 0.0214. The van der Waals surface area contributed by atoms with Crippen LogP contribution < -0.4 is 9.62 Å². The monoisotopic (exact) mass is 511 g/mol. The Morgan fingerprint density at radius 2 is 1.85 bits per heavy atom. The third kappa shape index (κ3) is 7.99. The first-order valence-corrected chi connectivity index (χ1v) is 13.3. The van der Waals surface area contributed by atoms with Crippen LogP contribution in [0.5, 0.6) is 0 Å². The number of hydrogen-bond acceptors (Lipinski definition) is 4. The van der Waals surface area contributed by atoms with E-state index < -0.39 is 21.9 Å². The molecule has 2 aromatic carbocycles. The predicted molar refractivity (Wildman–Crippen MR) is 133 cm³/mol. The number of carbonyl (C=O) groups excluding carboxylic acids is 2. The molecule has 1 N–H and O–H groups in total. The number of anilines is 1. The van der Waals surface area contributed by atoms with Crippen molar-refractivity contribution in [1.29, 1.82) is 0 Å². The molecule has 0 aliphatic carbocycles. The van der Waals surface area contributed by atoms with Crippen LogP contribution in [-0.2, 0) is 26.2 Å². The van der Waals surface area contributed by atoms with Crippen LogP contribution in [0.2, 0.25) is 5.02 Å². The molecule has 0 aliphatic heterocycles. The zero-order valence-corrected chi connectivity index (χ0v) is 21.2. The smallest absolute Gasteiger partial charge is 0.242 e. The molecular weight excluding hydrogens is 481 g/mol. The van der Waals surface area contributed by atoms with Gasteiger partial charge < -0.3 is 10.2 Å². The van der Waals surface area contributed by atoms with E-state index in [1.165, 1.54) is 23.1 Å². The van der Waals surface area contributed by atoms with Crippen LogP contribution in [0.4, 0.5) is 10.1 Å². The summed E-state index contributed by atoms with van der Waals surface area (Å²) in [5, 5.41) is 3.31. The summed E-state index contributed by atoms with van der Waals surface area (Å²) in [5.74, 6) is -1.26. The van der Waals surface area contributed by atoms with Gasteiger partial charge in [0.1, 0.15) is 11.9 Å². The first-order valence-electron chi connectivity index (χ1n) is 11.1. The Kier molecular flexibility index (Phi) is 10.3. The van der Waals surface area contributed by atoms with E-state index in [1.807, 2.05) is 13.0 Å². The maximum Gasteiger partial charge on any atom is 0.242 e. The molecule has 0 saturated heterocycles. The van der Waals surface area contributed by atoms with Gasteiger partial charge in [-0.05, 0) is 49.6 Å². The number of nitrogens with zero attached hydrogens (tertiary/aromatic N) is 2. The first kappa shape index (κ1) is 27.6. The lowest BCUT2D eigenvalue weighted by Gasteiger charge is -2.29. The summed E-state index contributed by atoms with van der Waals surface area (Å²) in [4.78, 5) is 27.2. The number of carbonyl (C=O) groups is 2. The van der Waals surface area contributed by atoms with Crippen LogP contribution in [0.15, 0.2) is 48.5 Å². The lowest BCUT2D eigenvalue weighted by Crippen LogP contribution is -2.47. The lowest BCUT2D eigenvalue weighted by atomic mass is 10.1. The molecule has 0 spiro atoms. The van der Waals surface area contributed by atoms with Gasteiger partial charge >= 0.3 is 0 Å². The standard InChI is InChI=1S/C24H31ClFN3O4S/c1-4-14-27-24(31)18(2)28(17-19-9-7-10-20(25)16-19)23(30)13-8-15-29(34(3,32)33)22-12-6-5-11-21(22)26/h5-7,9-12,16,18H,4,8,13-15,17H2,1-3H3,(H,27,31)/t18-/m1/s1. The third-order valence-corrected chi connectivity index (χ3v) is 6.65. The number of halogens is 2. The average Bonchev–Trinajstić information content (AvgIpc) is 2.78. The second kappa shape index (κ2) is 12.7. The molecule has 2 rings (SSSR count). The van der Waals surface area contributed by atoms with Crippen LogP contribution >= 0.6 is 11.6 Å². The van der Waals surface area contributed by atoms with Gasteiger partial charge in [-0.3, -0.25) is 13.9 Å². The Balaban J connectivity index is 2.16. The number of sulfonamides is 1. The molecule has 0 aliphatic rings. The van der Waals surface area contributed by atoms with E-state index >= 15 is 0 Å². The Morgan fingerprint density at radius 3 is 2.47 bits per heavy atom. The number of amides is 2. The molecular formula is C24H31ClFN3O4S. The van der Waals surface area contributed by atoms with Crippen molar-refractivity contribution < 1.29 is 22.4 Å². The molecule has 0 radical (unpaired) electrons. The molecule has 10 heteroatoms. The zero-order chi connectivity index (χ0) is 25.3. The van der Waals surface area contributed by atoms with Crippen molar-refractivity contribution >= 4 is 39.1 Å². The fourth-order valence-corrected chi connectivity index (χ4v) is 4.63.